The van der Waals surface area contributed by atoms with Gasteiger partial charge in [-0.2, -0.15) is 0 Å². The summed E-state index contributed by atoms with van der Waals surface area (Å²) in [5.74, 6) is -9.35. The van der Waals surface area contributed by atoms with Crippen LogP contribution in [0, 0.1) is 0 Å². The molecule has 0 aliphatic heterocycles. The number of aliphatic carboxylic acids is 2. The zero-order valence-corrected chi connectivity index (χ0v) is 16.1. The molecule has 0 heterocycles. The quantitative estimate of drug-likeness (QED) is 0.247. The SMILES string of the molecule is CC(=O)C(Cl)(Cl)C(=O)C(=O)[O-].CC(=O)C(Cl)(Cl)C(=O)C(=O)[O-].[O]=[V+2]. The molecule has 0 unspecified atom stereocenters. The van der Waals surface area contributed by atoms with Crippen molar-refractivity contribution in [3.05, 3.63) is 0 Å². The molecule has 0 saturated carbocycles. The molecule has 0 amide bonds. The Morgan fingerprint density at radius 2 is 0.833 bits per heavy atom. The van der Waals surface area contributed by atoms with E-state index in [4.69, 9.17) is 50.1 Å². The van der Waals surface area contributed by atoms with Crippen molar-refractivity contribution in [2.75, 3.05) is 0 Å². The molecule has 9 nitrogen and oxygen atoms in total. The fraction of sp³-hybridized carbons (Fsp3) is 0.400. The second-order valence-electron chi connectivity index (χ2n) is 3.49. The average Bonchev–Trinajstić information content (AvgIpc) is 2.47. The molecule has 0 radical (unpaired) electrons. The van der Waals surface area contributed by atoms with E-state index in [1.54, 1.807) is 0 Å². The number of carbonyl (C=O) groups is 6. The minimum absolute atomic E-state index is 0.904. The first-order valence-corrected chi connectivity index (χ1v) is 7.15. The monoisotopic (exact) mass is 461 g/mol. The van der Waals surface area contributed by atoms with Crippen LogP contribution in [-0.2, 0) is 49.8 Å². The summed E-state index contributed by atoms with van der Waals surface area (Å²) in [5, 5.41) is 19.7. The van der Waals surface area contributed by atoms with Gasteiger partial charge >= 0.3 is 21.0 Å². The van der Waals surface area contributed by atoms with Gasteiger partial charge in [0.05, 0.1) is 0 Å². The van der Waals surface area contributed by atoms with Crippen LogP contribution in [0.25, 0.3) is 0 Å². The van der Waals surface area contributed by atoms with Crippen molar-refractivity contribution in [2.45, 2.75) is 22.5 Å². The summed E-state index contributed by atoms with van der Waals surface area (Å²) in [6, 6.07) is 0. The van der Waals surface area contributed by atoms with E-state index in [1.807, 2.05) is 0 Å². The van der Waals surface area contributed by atoms with Gasteiger partial charge in [-0.25, -0.2) is 0 Å². The molecular formula is C10H6Cl4O9V. The molecule has 14 heteroatoms. The molecule has 0 aliphatic rings. The Kier molecular flexibility index (Phi) is 13.6. The Balaban J connectivity index is -0.000000333. The van der Waals surface area contributed by atoms with Gasteiger partial charge in [-0.15, -0.1) is 0 Å². The van der Waals surface area contributed by atoms with Crippen molar-refractivity contribution in [3.8, 4) is 0 Å². The van der Waals surface area contributed by atoms with E-state index < -0.39 is 43.7 Å². The zero-order chi connectivity index (χ0) is 20.5. The number of hydrogen-bond donors (Lipinski definition) is 0. The van der Waals surface area contributed by atoms with E-state index in [9.17, 15) is 39.0 Å². The van der Waals surface area contributed by atoms with Gasteiger partial charge in [0.25, 0.3) is 0 Å². The molecule has 0 spiro atoms. The molecule has 133 valence electrons. The average molecular weight is 463 g/mol. The van der Waals surface area contributed by atoms with Gasteiger partial charge in [0.15, 0.2) is 11.6 Å². The van der Waals surface area contributed by atoms with Crippen molar-refractivity contribution in [1.29, 1.82) is 0 Å². The third kappa shape index (κ3) is 8.86. The molecule has 0 rings (SSSR count). The number of alkyl halides is 4. The third-order valence-corrected chi connectivity index (χ3v) is 3.58. The number of rotatable bonds is 6. The second kappa shape index (κ2) is 11.7. The fourth-order valence-corrected chi connectivity index (χ4v) is 0.885. The van der Waals surface area contributed by atoms with Crippen LogP contribution >= 0.6 is 46.4 Å². The Morgan fingerprint density at radius 1 is 0.667 bits per heavy atom. The van der Waals surface area contributed by atoms with E-state index in [0.717, 1.165) is 31.2 Å². The second-order valence-corrected chi connectivity index (χ2v) is 6.15. The number of halogens is 4. The molecule has 0 saturated heterocycles. The Labute approximate surface area is 163 Å². The normalized spacial score (nSPS) is 10.2. The summed E-state index contributed by atoms with van der Waals surface area (Å²) in [7, 11) is 0. The van der Waals surface area contributed by atoms with Gasteiger partial charge in [0.2, 0.25) is 20.2 Å². The van der Waals surface area contributed by atoms with Gasteiger partial charge in [0, 0.05) is 0 Å². The van der Waals surface area contributed by atoms with Gasteiger partial charge in [-0.3, -0.25) is 19.2 Å². The molecule has 0 bridgehead atoms. The topological polar surface area (TPSA) is 166 Å². The summed E-state index contributed by atoms with van der Waals surface area (Å²) >= 11 is 21.3. The molecule has 0 aliphatic carbocycles. The first-order chi connectivity index (χ1) is 10.6. The Morgan fingerprint density at radius 3 is 0.875 bits per heavy atom. The van der Waals surface area contributed by atoms with Crippen molar-refractivity contribution in [3.63, 3.8) is 0 Å². The van der Waals surface area contributed by atoms with Crippen LogP contribution in [0.4, 0.5) is 0 Å². The number of carboxylic acid groups (broad SMARTS) is 2. The molecule has 0 fully saturated rings. The first kappa shape index (κ1) is 28.0. The molecule has 24 heavy (non-hydrogen) atoms. The number of hydrogen-bond acceptors (Lipinski definition) is 9. The summed E-state index contributed by atoms with van der Waals surface area (Å²) < 4.78 is 3.16. The van der Waals surface area contributed by atoms with Crippen LogP contribution in [0.2, 0.25) is 0 Å². The van der Waals surface area contributed by atoms with Crippen molar-refractivity contribution >= 4 is 81.5 Å². The standard InChI is InChI=1S/2C5H4Cl2O4.O.V/c2*1-2(8)5(6,7)3(9)4(10)11;;/h2*1H3,(H,10,11);;/q;;;+2/p-2. The van der Waals surface area contributed by atoms with E-state index in [0.29, 0.717) is 0 Å². The van der Waals surface area contributed by atoms with Crippen LogP contribution in [0.3, 0.4) is 0 Å². The van der Waals surface area contributed by atoms with Gasteiger partial charge in [0.1, 0.15) is 11.9 Å². The molecular weight excluding hydrogens is 457 g/mol. The Hall–Kier alpha value is -0.836. The van der Waals surface area contributed by atoms with Crippen LogP contribution in [-0.4, -0.2) is 43.7 Å². The van der Waals surface area contributed by atoms with E-state index in [2.05, 4.69) is 0 Å². The predicted octanol–water partition coefficient (Wildman–Crippen LogP) is -1.98. The van der Waals surface area contributed by atoms with E-state index in [-0.39, 0.29) is 0 Å². The maximum atomic E-state index is 10.5. The predicted molar refractivity (Wildman–Crippen MR) is 71.0 cm³/mol. The number of carboxylic acids is 2. The zero-order valence-electron chi connectivity index (χ0n) is 11.6. The minimum atomic E-state index is -2.52. The van der Waals surface area contributed by atoms with Crippen LogP contribution in [0.1, 0.15) is 13.8 Å². The summed E-state index contributed by atoms with van der Waals surface area (Å²) in [6.45, 7) is 1.81. The van der Waals surface area contributed by atoms with E-state index in [1.165, 1.54) is 0 Å². The summed E-state index contributed by atoms with van der Waals surface area (Å²) in [5.41, 5.74) is 0. The van der Waals surface area contributed by atoms with Crippen molar-refractivity contribution in [1.82, 2.24) is 0 Å². The third-order valence-electron chi connectivity index (χ3n) is 1.83. The Bertz CT molecular complexity index is 511. The van der Waals surface area contributed by atoms with Crippen molar-refractivity contribution < 1.29 is 60.0 Å². The maximum absolute atomic E-state index is 10.5. The molecule has 0 aromatic carbocycles. The van der Waals surface area contributed by atoms with E-state index >= 15 is 0 Å². The molecule has 0 aromatic heterocycles. The molecule has 0 atom stereocenters. The number of Topliss-reactive ketones (excluding diaryl/α,β-unsaturated/α-hetero) is 4. The fourth-order valence-electron chi connectivity index (χ4n) is 0.576. The van der Waals surface area contributed by atoms with Crippen LogP contribution < -0.4 is 10.2 Å². The molecule has 0 aromatic rings. The van der Waals surface area contributed by atoms with Gasteiger partial charge in [-0.1, -0.05) is 46.4 Å². The van der Waals surface area contributed by atoms with Crippen LogP contribution in [0.15, 0.2) is 0 Å². The van der Waals surface area contributed by atoms with Gasteiger partial charge in [-0.05, 0) is 13.8 Å². The van der Waals surface area contributed by atoms with Gasteiger partial charge < -0.3 is 19.8 Å². The molecule has 0 N–H and O–H groups in total. The number of ketones is 4. The first-order valence-electron chi connectivity index (χ1n) is 5.07. The van der Waals surface area contributed by atoms with Crippen LogP contribution in [0.5, 0.6) is 0 Å². The summed E-state index contributed by atoms with van der Waals surface area (Å²) in [6.07, 6.45) is 0. The van der Waals surface area contributed by atoms with Crippen molar-refractivity contribution in [2.24, 2.45) is 0 Å². The number of carbonyl (C=O) groups excluding carboxylic acids is 6. The summed E-state index contributed by atoms with van der Waals surface area (Å²) in [4.78, 5) is 61.5.